The van der Waals surface area contributed by atoms with Crippen molar-refractivity contribution in [2.75, 3.05) is 5.32 Å². The Balaban J connectivity index is 2.04. The zero-order chi connectivity index (χ0) is 14.8. The van der Waals surface area contributed by atoms with Crippen molar-refractivity contribution < 1.29 is 0 Å². The monoisotopic (exact) mass is 351 g/mol. The van der Waals surface area contributed by atoms with Crippen LogP contribution in [0.5, 0.6) is 0 Å². The van der Waals surface area contributed by atoms with Crippen LogP contribution in [-0.2, 0) is 12.0 Å². The third-order valence-electron chi connectivity index (χ3n) is 3.23. The summed E-state index contributed by atoms with van der Waals surface area (Å²) in [6.07, 6.45) is 0. The molecule has 0 bridgehead atoms. The zero-order valence-electron chi connectivity index (χ0n) is 12.0. The maximum atomic E-state index is 5.94. The number of halogens is 2. The van der Waals surface area contributed by atoms with Crippen LogP contribution in [-0.4, -0.2) is 0 Å². The van der Waals surface area contributed by atoms with Crippen LogP contribution in [0.2, 0.25) is 5.02 Å². The standard InChI is InChI=1S/C17H19BrClN/c1-17(2,3)13-6-4-12(5-7-13)11-20-16-9-8-14(19)10-15(16)18/h4-10,20H,11H2,1-3H3. The second-order valence-corrected chi connectivity index (χ2v) is 7.22. The van der Waals surface area contributed by atoms with E-state index in [2.05, 4.69) is 66.3 Å². The van der Waals surface area contributed by atoms with Crippen molar-refractivity contribution in [3.8, 4) is 0 Å². The Bertz CT molecular complexity index is 585. The first-order chi connectivity index (χ1) is 9.36. The molecule has 20 heavy (non-hydrogen) atoms. The van der Waals surface area contributed by atoms with Crippen LogP contribution in [0.15, 0.2) is 46.9 Å². The van der Waals surface area contributed by atoms with Gasteiger partial charge in [-0.2, -0.15) is 0 Å². The number of nitrogens with one attached hydrogen (secondary N) is 1. The molecule has 0 aliphatic rings. The fourth-order valence-electron chi connectivity index (χ4n) is 1.95. The molecule has 2 aromatic rings. The summed E-state index contributed by atoms with van der Waals surface area (Å²) in [6.45, 7) is 7.48. The minimum absolute atomic E-state index is 0.200. The second kappa shape index (κ2) is 6.19. The quantitative estimate of drug-likeness (QED) is 0.713. The average Bonchev–Trinajstić information content (AvgIpc) is 2.37. The van der Waals surface area contributed by atoms with E-state index in [0.717, 1.165) is 21.7 Å². The molecule has 0 heterocycles. The van der Waals surface area contributed by atoms with Crippen LogP contribution < -0.4 is 5.32 Å². The van der Waals surface area contributed by atoms with E-state index in [9.17, 15) is 0 Å². The third-order valence-corrected chi connectivity index (χ3v) is 4.13. The molecule has 106 valence electrons. The van der Waals surface area contributed by atoms with Crippen molar-refractivity contribution in [1.29, 1.82) is 0 Å². The van der Waals surface area contributed by atoms with Crippen molar-refractivity contribution >= 4 is 33.2 Å². The van der Waals surface area contributed by atoms with E-state index in [1.807, 2.05) is 18.2 Å². The van der Waals surface area contributed by atoms with Crippen molar-refractivity contribution in [3.63, 3.8) is 0 Å². The lowest BCUT2D eigenvalue weighted by molar-refractivity contribution is 0.590. The van der Waals surface area contributed by atoms with Crippen LogP contribution in [0.1, 0.15) is 31.9 Å². The van der Waals surface area contributed by atoms with Gasteiger partial charge in [0, 0.05) is 21.7 Å². The van der Waals surface area contributed by atoms with Gasteiger partial charge < -0.3 is 5.32 Å². The molecule has 0 saturated carbocycles. The normalized spacial score (nSPS) is 11.4. The van der Waals surface area contributed by atoms with E-state index >= 15 is 0 Å². The Morgan fingerprint density at radius 2 is 1.70 bits per heavy atom. The van der Waals surface area contributed by atoms with Gasteiger partial charge in [0.05, 0.1) is 0 Å². The van der Waals surface area contributed by atoms with E-state index in [4.69, 9.17) is 11.6 Å². The number of benzene rings is 2. The van der Waals surface area contributed by atoms with E-state index in [1.54, 1.807) is 0 Å². The van der Waals surface area contributed by atoms with Crippen molar-refractivity contribution in [2.24, 2.45) is 0 Å². The summed E-state index contributed by atoms with van der Waals surface area (Å²) in [5.74, 6) is 0. The maximum Gasteiger partial charge on any atom is 0.0488 e. The zero-order valence-corrected chi connectivity index (χ0v) is 14.3. The molecule has 1 N–H and O–H groups in total. The summed E-state index contributed by atoms with van der Waals surface area (Å²) in [5.41, 5.74) is 3.87. The second-order valence-electron chi connectivity index (χ2n) is 5.92. The van der Waals surface area contributed by atoms with Gasteiger partial charge in [-0.1, -0.05) is 56.6 Å². The smallest absolute Gasteiger partial charge is 0.0488 e. The van der Waals surface area contributed by atoms with Crippen LogP contribution in [0.25, 0.3) is 0 Å². The molecule has 0 spiro atoms. The highest BCUT2D eigenvalue weighted by Gasteiger charge is 2.12. The molecular weight excluding hydrogens is 334 g/mol. The summed E-state index contributed by atoms with van der Waals surface area (Å²) >= 11 is 9.45. The Labute approximate surface area is 134 Å². The highest BCUT2D eigenvalue weighted by molar-refractivity contribution is 9.10. The van der Waals surface area contributed by atoms with Crippen LogP contribution in [0, 0.1) is 0 Å². The maximum absolute atomic E-state index is 5.94. The van der Waals surface area contributed by atoms with Gasteiger partial charge in [0.2, 0.25) is 0 Å². The largest absolute Gasteiger partial charge is 0.380 e. The molecule has 0 unspecified atom stereocenters. The third kappa shape index (κ3) is 4.00. The van der Waals surface area contributed by atoms with Crippen LogP contribution >= 0.6 is 27.5 Å². The van der Waals surface area contributed by atoms with E-state index < -0.39 is 0 Å². The van der Waals surface area contributed by atoms with Crippen molar-refractivity contribution in [2.45, 2.75) is 32.7 Å². The molecular formula is C17H19BrClN. The summed E-state index contributed by atoms with van der Waals surface area (Å²) in [7, 11) is 0. The molecule has 0 saturated heterocycles. The van der Waals surface area contributed by atoms with Crippen molar-refractivity contribution in [1.82, 2.24) is 0 Å². The molecule has 0 aromatic heterocycles. The molecule has 1 nitrogen and oxygen atoms in total. The first-order valence-corrected chi connectivity index (χ1v) is 7.82. The molecule has 0 amide bonds. The van der Waals surface area contributed by atoms with Gasteiger partial charge in [-0.3, -0.25) is 0 Å². The predicted molar refractivity (Wildman–Crippen MR) is 91.6 cm³/mol. The van der Waals surface area contributed by atoms with Crippen LogP contribution in [0.4, 0.5) is 5.69 Å². The molecule has 2 aromatic carbocycles. The number of rotatable bonds is 3. The van der Waals surface area contributed by atoms with E-state index in [1.165, 1.54) is 11.1 Å². The predicted octanol–water partition coefficient (Wildman–Crippen LogP) is 6.01. The molecule has 2 rings (SSSR count). The van der Waals surface area contributed by atoms with Crippen LogP contribution in [0.3, 0.4) is 0 Å². The molecule has 0 fully saturated rings. The highest BCUT2D eigenvalue weighted by Crippen LogP contribution is 2.27. The first kappa shape index (κ1) is 15.4. The lowest BCUT2D eigenvalue weighted by Gasteiger charge is -2.19. The number of hydrogen-bond acceptors (Lipinski definition) is 1. The summed E-state index contributed by atoms with van der Waals surface area (Å²) in [5, 5.41) is 4.14. The number of anilines is 1. The van der Waals surface area contributed by atoms with E-state index in [-0.39, 0.29) is 5.41 Å². The highest BCUT2D eigenvalue weighted by atomic mass is 79.9. The molecule has 0 atom stereocenters. The number of hydrogen-bond donors (Lipinski definition) is 1. The van der Waals surface area contributed by atoms with Crippen molar-refractivity contribution in [3.05, 3.63) is 63.1 Å². The first-order valence-electron chi connectivity index (χ1n) is 6.64. The average molecular weight is 353 g/mol. The SMILES string of the molecule is CC(C)(C)c1ccc(CNc2ccc(Cl)cc2Br)cc1. The van der Waals surface area contributed by atoms with Gasteiger partial charge in [0.25, 0.3) is 0 Å². The lowest BCUT2D eigenvalue weighted by Crippen LogP contribution is -2.11. The van der Waals surface area contributed by atoms with E-state index in [0.29, 0.717) is 0 Å². The summed E-state index contributed by atoms with van der Waals surface area (Å²) in [6, 6.07) is 14.5. The molecule has 3 heteroatoms. The minimum atomic E-state index is 0.200. The van der Waals surface area contributed by atoms with Gasteiger partial charge in [0.1, 0.15) is 0 Å². The topological polar surface area (TPSA) is 12.0 Å². The van der Waals surface area contributed by atoms with Gasteiger partial charge in [-0.25, -0.2) is 0 Å². The Kier molecular flexibility index (Phi) is 4.77. The molecule has 0 aliphatic heterocycles. The molecule has 0 aliphatic carbocycles. The Morgan fingerprint density at radius 1 is 1.05 bits per heavy atom. The fourth-order valence-corrected chi connectivity index (χ4v) is 2.78. The Hall–Kier alpha value is -0.990. The van der Waals surface area contributed by atoms with Gasteiger partial charge in [-0.05, 0) is 50.7 Å². The summed E-state index contributed by atoms with van der Waals surface area (Å²) < 4.78 is 0.983. The fraction of sp³-hybridized carbons (Fsp3) is 0.294. The lowest BCUT2D eigenvalue weighted by atomic mass is 9.87. The molecule has 0 radical (unpaired) electrons. The van der Waals surface area contributed by atoms with Gasteiger partial charge in [0.15, 0.2) is 0 Å². The Morgan fingerprint density at radius 3 is 2.25 bits per heavy atom. The summed E-state index contributed by atoms with van der Waals surface area (Å²) in [4.78, 5) is 0. The minimum Gasteiger partial charge on any atom is -0.380 e. The van der Waals surface area contributed by atoms with Gasteiger partial charge in [-0.15, -0.1) is 0 Å². The van der Waals surface area contributed by atoms with Gasteiger partial charge >= 0.3 is 0 Å².